The Hall–Kier alpha value is -1.07. The molecule has 78 valence electrons. The van der Waals surface area contributed by atoms with Gasteiger partial charge >= 0.3 is 10.3 Å². The van der Waals surface area contributed by atoms with Gasteiger partial charge in [0.1, 0.15) is 0 Å². The first-order chi connectivity index (χ1) is 6.43. The van der Waals surface area contributed by atoms with Crippen molar-refractivity contribution in [2.24, 2.45) is 0 Å². The van der Waals surface area contributed by atoms with Gasteiger partial charge in [-0.2, -0.15) is 8.42 Å². The van der Waals surface area contributed by atoms with E-state index in [1.165, 1.54) is 0 Å². The van der Waals surface area contributed by atoms with Crippen LogP contribution in [0, 0.1) is 0 Å². The van der Waals surface area contributed by atoms with Gasteiger partial charge < -0.3 is 0 Å². The molecule has 0 aromatic heterocycles. The van der Waals surface area contributed by atoms with Crippen molar-refractivity contribution in [1.82, 2.24) is 0 Å². The normalized spacial score (nSPS) is 11.7. The summed E-state index contributed by atoms with van der Waals surface area (Å²) in [5.74, 6) is 0. The molecule has 0 aliphatic rings. The molecule has 4 nitrogen and oxygen atoms in total. The largest absolute Gasteiger partial charge is 0.360 e. The van der Waals surface area contributed by atoms with E-state index in [-0.39, 0.29) is 6.04 Å². The number of anilines is 1. The Morgan fingerprint density at radius 2 is 1.71 bits per heavy atom. The van der Waals surface area contributed by atoms with Gasteiger partial charge in [0.05, 0.1) is 5.69 Å². The van der Waals surface area contributed by atoms with Gasteiger partial charge in [-0.15, -0.1) is 0 Å². The molecule has 0 saturated carbocycles. The zero-order valence-electron chi connectivity index (χ0n) is 8.08. The van der Waals surface area contributed by atoms with Crippen molar-refractivity contribution < 1.29 is 13.0 Å². The molecule has 14 heavy (non-hydrogen) atoms. The molecule has 0 bridgehead atoms. The number of nitrogens with zero attached hydrogens (tertiary/aromatic N) is 1. The fraction of sp³-hybridized carbons (Fsp3) is 0.333. The van der Waals surface area contributed by atoms with Crippen molar-refractivity contribution in [3.63, 3.8) is 0 Å². The molecule has 0 amide bonds. The molecule has 0 atom stereocenters. The average Bonchev–Trinajstić information content (AvgIpc) is 2.02. The van der Waals surface area contributed by atoms with Crippen LogP contribution in [0.4, 0.5) is 5.69 Å². The second-order valence-electron chi connectivity index (χ2n) is 3.20. The summed E-state index contributed by atoms with van der Waals surface area (Å²) in [4.78, 5) is 0. The van der Waals surface area contributed by atoms with Gasteiger partial charge in [0.2, 0.25) is 0 Å². The van der Waals surface area contributed by atoms with Crippen molar-refractivity contribution >= 4 is 16.0 Å². The molecule has 0 fully saturated rings. The summed E-state index contributed by atoms with van der Waals surface area (Å²) in [6.07, 6.45) is 0. The van der Waals surface area contributed by atoms with Gasteiger partial charge in [0.25, 0.3) is 0 Å². The van der Waals surface area contributed by atoms with Gasteiger partial charge in [0, 0.05) is 6.04 Å². The third-order valence-corrected chi connectivity index (χ3v) is 2.86. The van der Waals surface area contributed by atoms with Crippen LogP contribution in [0.25, 0.3) is 0 Å². The van der Waals surface area contributed by atoms with E-state index in [0.717, 1.165) is 4.31 Å². The van der Waals surface area contributed by atoms with Crippen LogP contribution >= 0.6 is 0 Å². The molecule has 1 N–H and O–H groups in total. The van der Waals surface area contributed by atoms with E-state index < -0.39 is 10.3 Å². The van der Waals surface area contributed by atoms with Crippen LogP contribution in [-0.2, 0) is 10.3 Å². The summed E-state index contributed by atoms with van der Waals surface area (Å²) in [6, 6.07) is 8.17. The van der Waals surface area contributed by atoms with E-state index in [1.807, 2.05) is 0 Å². The number of para-hydroxylation sites is 1. The maximum absolute atomic E-state index is 11.1. The molecule has 0 aliphatic heterocycles. The summed E-state index contributed by atoms with van der Waals surface area (Å²) >= 11 is 0. The lowest BCUT2D eigenvalue weighted by Gasteiger charge is -2.24. The smallest absolute Gasteiger partial charge is 0.269 e. The Bertz CT molecular complexity index is 386. The van der Waals surface area contributed by atoms with Crippen LogP contribution in [0.1, 0.15) is 13.8 Å². The Morgan fingerprint density at radius 3 is 2.07 bits per heavy atom. The maximum atomic E-state index is 11.1. The summed E-state index contributed by atoms with van der Waals surface area (Å²) in [5.41, 5.74) is 0.463. The van der Waals surface area contributed by atoms with Crippen LogP contribution < -0.4 is 4.31 Å². The van der Waals surface area contributed by atoms with Crippen LogP contribution in [0.3, 0.4) is 0 Å². The standard InChI is InChI=1S/C9H13NO3S/c1-8(2)10(14(11,12)13)9-6-4-3-5-7-9/h3-8H,1-2H3,(H,11,12,13). The van der Waals surface area contributed by atoms with Gasteiger partial charge in [0.15, 0.2) is 0 Å². The highest BCUT2D eigenvalue weighted by Crippen LogP contribution is 2.19. The first kappa shape index (κ1) is 11.0. The molecule has 0 radical (unpaired) electrons. The molecule has 5 heteroatoms. The highest BCUT2D eigenvalue weighted by Gasteiger charge is 2.22. The Balaban J connectivity index is 3.15. The van der Waals surface area contributed by atoms with Gasteiger partial charge in [-0.25, -0.2) is 4.31 Å². The molecule has 0 unspecified atom stereocenters. The van der Waals surface area contributed by atoms with Gasteiger partial charge in [-0.1, -0.05) is 18.2 Å². The molecule has 0 heterocycles. The van der Waals surface area contributed by atoms with E-state index in [4.69, 9.17) is 4.55 Å². The highest BCUT2D eigenvalue weighted by molar-refractivity contribution is 7.87. The molecule has 1 aromatic rings. The number of hydrogen-bond acceptors (Lipinski definition) is 2. The second-order valence-corrected chi connectivity index (χ2v) is 4.49. The van der Waals surface area contributed by atoms with Crippen molar-refractivity contribution in [2.45, 2.75) is 19.9 Å². The van der Waals surface area contributed by atoms with E-state index >= 15 is 0 Å². The summed E-state index contributed by atoms with van der Waals surface area (Å²) in [6.45, 7) is 3.39. The van der Waals surface area contributed by atoms with E-state index in [1.54, 1.807) is 44.2 Å². The van der Waals surface area contributed by atoms with E-state index in [2.05, 4.69) is 0 Å². The lowest BCUT2D eigenvalue weighted by molar-refractivity contribution is 0.473. The SMILES string of the molecule is CC(C)N(c1ccccc1)S(=O)(=O)O. The van der Waals surface area contributed by atoms with Gasteiger partial charge in [-0.3, -0.25) is 4.55 Å². The molecule has 0 spiro atoms. The van der Waals surface area contributed by atoms with Crippen molar-refractivity contribution in [3.8, 4) is 0 Å². The minimum absolute atomic E-state index is 0.313. The van der Waals surface area contributed by atoms with Crippen LogP contribution in [0.15, 0.2) is 30.3 Å². The third kappa shape index (κ3) is 2.46. The molecule has 0 saturated heterocycles. The van der Waals surface area contributed by atoms with E-state index in [9.17, 15) is 8.42 Å². The maximum Gasteiger partial charge on any atom is 0.360 e. The van der Waals surface area contributed by atoms with Crippen LogP contribution in [0.2, 0.25) is 0 Å². The zero-order valence-corrected chi connectivity index (χ0v) is 8.90. The minimum Gasteiger partial charge on any atom is -0.269 e. The summed E-state index contributed by atoms with van der Waals surface area (Å²) in [5, 5.41) is 0. The third-order valence-electron chi connectivity index (χ3n) is 1.73. The molecule has 1 aromatic carbocycles. The predicted octanol–water partition coefficient (Wildman–Crippen LogP) is 1.70. The van der Waals surface area contributed by atoms with Gasteiger partial charge in [-0.05, 0) is 26.0 Å². The van der Waals surface area contributed by atoms with Crippen LogP contribution in [-0.4, -0.2) is 19.0 Å². The fourth-order valence-electron chi connectivity index (χ4n) is 1.27. The Morgan fingerprint density at radius 1 is 1.21 bits per heavy atom. The Labute approximate surface area is 84.1 Å². The summed E-state index contributed by atoms with van der Waals surface area (Å²) in [7, 11) is -4.18. The number of benzene rings is 1. The minimum atomic E-state index is -4.18. The first-order valence-electron chi connectivity index (χ1n) is 4.25. The molecular weight excluding hydrogens is 202 g/mol. The van der Waals surface area contributed by atoms with E-state index in [0.29, 0.717) is 5.69 Å². The number of hydrogen-bond donors (Lipinski definition) is 1. The van der Waals surface area contributed by atoms with Crippen molar-refractivity contribution in [2.75, 3.05) is 4.31 Å². The topological polar surface area (TPSA) is 57.6 Å². The number of rotatable bonds is 3. The average molecular weight is 215 g/mol. The molecule has 0 aliphatic carbocycles. The Kier molecular flexibility index (Phi) is 3.13. The van der Waals surface area contributed by atoms with Crippen molar-refractivity contribution in [3.05, 3.63) is 30.3 Å². The monoisotopic (exact) mass is 215 g/mol. The second kappa shape index (κ2) is 3.98. The molecule has 1 rings (SSSR count). The summed E-state index contributed by atoms with van der Waals surface area (Å²) < 4.78 is 32.1. The quantitative estimate of drug-likeness (QED) is 0.781. The first-order valence-corrected chi connectivity index (χ1v) is 5.64. The fourth-order valence-corrected chi connectivity index (χ4v) is 2.19. The molecular formula is C9H13NO3S. The zero-order chi connectivity index (χ0) is 10.8. The van der Waals surface area contributed by atoms with Crippen LogP contribution in [0.5, 0.6) is 0 Å². The lowest BCUT2D eigenvalue weighted by Crippen LogP contribution is -2.36. The predicted molar refractivity (Wildman–Crippen MR) is 55.6 cm³/mol. The van der Waals surface area contributed by atoms with Crippen molar-refractivity contribution in [1.29, 1.82) is 0 Å². The lowest BCUT2D eigenvalue weighted by atomic mass is 10.3. The highest BCUT2D eigenvalue weighted by atomic mass is 32.2.